The molecule has 2 bridgehead atoms. The molecule has 0 spiro atoms. The molecule has 0 aromatic carbocycles. The Bertz CT molecular complexity index is 415. The summed E-state index contributed by atoms with van der Waals surface area (Å²) in [6, 6.07) is -0.311. The second-order valence-electron chi connectivity index (χ2n) is 6.52. The largest absolute Gasteiger partial charge is 0.460 e. The molecule has 3 rings (SSSR count). The standard InChI is InChI=1S/C14H24N2O3/c1-5-19-12(17)11(15)16-10-7-8-6-9(13(8,2)3)14(10,4)18/h8-10,18H,5-7H2,1-4H3,(H2,15,16)/t8-,9-,10?,14-/m0/s1. The van der Waals surface area contributed by atoms with Crippen LogP contribution < -0.4 is 5.73 Å². The fourth-order valence-corrected chi connectivity index (χ4v) is 3.76. The van der Waals surface area contributed by atoms with Gasteiger partial charge in [0.25, 0.3) is 0 Å². The molecule has 3 aliphatic rings. The number of carbonyl (C=O) groups excluding carboxylic acids is 1. The molecule has 0 amide bonds. The van der Waals surface area contributed by atoms with Gasteiger partial charge in [-0.3, -0.25) is 4.99 Å². The van der Waals surface area contributed by atoms with E-state index in [2.05, 4.69) is 18.8 Å². The second kappa shape index (κ2) is 4.47. The number of aliphatic imine (C=N–C) groups is 1. The summed E-state index contributed by atoms with van der Waals surface area (Å²) in [4.78, 5) is 15.7. The van der Waals surface area contributed by atoms with Gasteiger partial charge in [0.2, 0.25) is 5.84 Å². The Morgan fingerprint density at radius 1 is 1.42 bits per heavy atom. The van der Waals surface area contributed by atoms with Crippen LogP contribution in [-0.4, -0.2) is 35.2 Å². The number of hydrogen-bond acceptors (Lipinski definition) is 4. The average molecular weight is 268 g/mol. The van der Waals surface area contributed by atoms with E-state index in [1.54, 1.807) is 13.8 Å². The minimum Gasteiger partial charge on any atom is -0.460 e. The SMILES string of the molecule is CCOC(=O)C(N)=NC1C[C@@H]2C[C@@H](C2(C)C)[C@]1(C)O. The molecule has 0 aliphatic heterocycles. The van der Waals surface area contributed by atoms with E-state index in [1.807, 2.05) is 0 Å². The third-order valence-corrected chi connectivity index (χ3v) is 5.14. The van der Waals surface area contributed by atoms with Gasteiger partial charge in [0, 0.05) is 0 Å². The van der Waals surface area contributed by atoms with Crippen molar-refractivity contribution in [1.29, 1.82) is 0 Å². The maximum Gasteiger partial charge on any atom is 0.373 e. The van der Waals surface area contributed by atoms with Crippen LogP contribution in [0.2, 0.25) is 0 Å². The highest BCUT2D eigenvalue weighted by Crippen LogP contribution is 2.63. The predicted molar refractivity (Wildman–Crippen MR) is 72.7 cm³/mol. The molecule has 0 saturated heterocycles. The number of hydrogen-bond donors (Lipinski definition) is 2. The highest BCUT2D eigenvalue weighted by Gasteiger charge is 2.63. The van der Waals surface area contributed by atoms with Gasteiger partial charge in [-0.25, -0.2) is 4.79 Å². The molecular formula is C14H24N2O3. The van der Waals surface area contributed by atoms with Crippen molar-refractivity contribution in [3.8, 4) is 0 Å². The van der Waals surface area contributed by atoms with Crippen molar-refractivity contribution in [3.05, 3.63) is 0 Å². The van der Waals surface area contributed by atoms with Crippen LogP contribution in [0.25, 0.3) is 0 Å². The lowest BCUT2D eigenvalue weighted by atomic mass is 9.43. The number of nitrogens with zero attached hydrogens (tertiary/aromatic N) is 1. The first-order valence-corrected chi connectivity index (χ1v) is 6.94. The molecule has 3 aliphatic carbocycles. The summed E-state index contributed by atoms with van der Waals surface area (Å²) in [6.45, 7) is 8.18. The van der Waals surface area contributed by atoms with Crippen molar-refractivity contribution >= 4 is 11.8 Å². The van der Waals surface area contributed by atoms with E-state index in [4.69, 9.17) is 10.5 Å². The van der Waals surface area contributed by atoms with Crippen LogP contribution in [0.3, 0.4) is 0 Å². The Morgan fingerprint density at radius 2 is 2.05 bits per heavy atom. The van der Waals surface area contributed by atoms with Gasteiger partial charge in [0.15, 0.2) is 0 Å². The van der Waals surface area contributed by atoms with Crippen molar-refractivity contribution in [2.45, 2.75) is 52.2 Å². The topological polar surface area (TPSA) is 84.9 Å². The summed E-state index contributed by atoms with van der Waals surface area (Å²) in [5.41, 5.74) is 4.89. The highest BCUT2D eigenvalue weighted by molar-refractivity contribution is 6.34. The monoisotopic (exact) mass is 268 g/mol. The first-order valence-electron chi connectivity index (χ1n) is 6.94. The van der Waals surface area contributed by atoms with E-state index >= 15 is 0 Å². The van der Waals surface area contributed by atoms with E-state index in [9.17, 15) is 9.90 Å². The van der Waals surface area contributed by atoms with E-state index in [1.165, 1.54) is 0 Å². The third kappa shape index (κ3) is 2.14. The summed E-state index contributed by atoms with van der Waals surface area (Å²) >= 11 is 0. The fraction of sp³-hybridized carbons (Fsp3) is 0.857. The number of fused-ring (bicyclic) bond motifs is 2. The van der Waals surface area contributed by atoms with Crippen LogP contribution in [0.4, 0.5) is 0 Å². The zero-order valence-corrected chi connectivity index (χ0v) is 12.1. The third-order valence-electron chi connectivity index (χ3n) is 5.14. The quantitative estimate of drug-likeness (QED) is 0.446. The summed E-state index contributed by atoms with van der Waals surface area (Å²) in [7, 11) is 0. The van der Waals surface area contributed by atoms with Gasteiger partial charge in [-0.15, -0.1) is 0 Å². The summed E-state index contributed by atoms with van der Waals surface area (Å²) in [5, 5.41) is 10.7. The smallest absolute Gasteiger partial charge is 0.373 e. The maximum absolute atomic E-state index is 11.5. The maximum atomic E-state index is 11.5. The number of esters is 1. The minimum absolute atomic E-state index is 0.133. The van der Waals surface area contributed by atoms with Crippen molar-refractivity contribution in [3.63, 3.8) is 0 Å². The van der Waals surface area contributed by atoms with Gasteiger partial charge < -0.3 is 15.6 Å². The zero-order chi connectivity index (χ0) is 14.4. The number of rotatable bonds is 2. The Morgan fingerprint density at radius 3 is 2.53 bits per heavy atom. The van der Waals surface area contributed by atoms with E-state index < -0.39 is 11.6 Å². The van der Waals surface area contributed by atoms with Gasteiger partial charge in [-0.05, 0) is 43.9 Å². The number of carbonyl (C=O) groups is 1. The molecule has 0 aromatic heterocycles. The molecule has 0 radical (unpaired) electrons. The van der Waals surface area contributed by atoms with E-state index in [-0.39, 0.29) is 29.8 Å². The molecule has 5 heteroatoms. The Kier molecular flexibility index (Phi) is 3.37. The van der Waals surface area contributed by atoms with Crippen LogP contribution >= 0.6 is 0 Å². The Labute approximate surface area is 114 Å². The first kappa shape index (κ1) is 14.3. The Hall–Kier alpha value is -1.10. The first-order chi connectivity index (χ1) is 8.71. The lowest BCUT2D eigenvalue weighted by Gasteiger charge is -2.64. The number of ether oxygens (including phenoxy) is 1. The van der Waals surface area contributed by atoms with Crippen molar-refractivity contribution < 1.29 is 14.6 Å². The number of nitrogens with two attached hydrogens (primary N) is 1. The summed E-state index contributed by atoms with van der Waals surface area (Å²) in [5.74, 6) is 0.0204. The number of amidine groups is 1. The van der Waals surface area contributed by atoms with Gasteiger partial charge in [-0.1, -0.05) is 13.8 Å². The molecule has 0 aromatic rings. The predicted octanol–water partition coefficient (Wildman–Crippen LogP) is 1.09. The van der Waals surface area contributed by atoms with Crippen LogP contribution in [0, 0.1) is 17.3 Å². The Balaban J connectivity index is 2.15. The van der Waals surface area contributed by atoms with E-state index in [0.717, 1.165) is 12.8 Å². The van der Waals surface area contributed by atoms with Gasteiger partial charge in [-0.2, -0.15) is 0 Å². The van der Waals surface area contributed by atoms with Crippen molar-refractivity contribution in [1.82, 2.24) is 0 Å². The molecule has 1 unspecified atom stereocenters. The lowest BCUT2D eigenvalue weighted by molar-refractivity contribution is -0.202. The minimum atomic E-state index is -0.907. The molecule has 108 valence electrons. The second-order valence-corrected chi connectivity index (χ2v) is 6.52. The molecule has 3 fully saturated rings. The van der Waals surface area contributed by atoms with Crippen molar-refractivity contribution in [2.75, 3.05) is 6.61 Å². The normalized spacial score (nSPS) is 40.5. The van der Waals surface area contributed by atoms with Gasteiger partial charge in [0.1, 0.15) is 0 Å². The van der Waals surface area contributed by atoms with Crippen LogP contribution in [-0.2, 0) is 9.53 Å². The molecule has 19 heavy (non-hydrogen) atoms. The fourth-order valence-electron chi connectivity index (χ4n) is 3.76. The molecular weight excluding hydrogens is 244 g/mol. The lowest BCUT2D eigenvalue weighted by Crippen LogP contribution is -2.66. The summed E-state index contributed by atoms with van der Waals surface area (Å²) < 4.78 is 4.82. The van der Waals surface area contributed by atoms with Gasteiger partial charge in [0.05, 0.1) is 18.2 Å². The van der Waals surface area contributed by atoms with Crippen LogP contribution in [0.15, 0.2) is 4.99 Å². The molecule has 5 nitrogen and oxygen atoms in total. The van der Waals surface area contributed by atoms with Crippen LogP contribution in [0.1, 0.15) is 40.5 Å². The van der Waals surface area contributed by atoms with Crippen LogP contribution in [0.5, 0.6) is 0 Å². The molecule has 0 heterocycles. The van der Waals surface area contributed by atoms with Crippen molar-refractivity contribution in [2.24, 2.45) is 28.0 Å². The highest BCUT2D eigenvalue weighted by atomic mass is 16.5. The van der Waals surface area contributed by atoms with Gasteiger partial charge >= 0.3 is 5.97 Å². The van der Waals surface area contributed by atoms with E-state index in [0.29, 0.717) is 5.92 Å². The number of aliphatic hydroxyl groups is 1. The molecule has 3 N–H and O–H groups in total. The zero-order valence-electron chi connectivity index (χ0n) is 12.1. The molecule has 3 saturated carbocycles. The summed E-state index contributed by atoms with van der Waals surface area (Å²) in [6.07, 6.45) is 1.81. The molecule has 4 atom stereocenters. The average Bonchev–Trinajstić information content (AvgIpc) is 2.30.